The molecule has 1 aromatic carbocycles. The van der Waals surface area contributed by atoms with E-state index in [1.165, 1.54) is 5.56 Å². The van der Waals surface area contributed by atoms with Crippen LogP contribution in [0.3, 0.4) is 0 Å². The van der Waals surface area contributed by atoms with Crippen molar-refractivity contribution in [2.45, 2.75) is 38.5 Å². The van der Waals surface area contributed by atoms with Crippen molar-refractivity contribution in [2.75, 3.05) is 27.3 Å². The fourth-order valence-corrected chi connectivity index (χ4v) is 4.51. The molecule has 0 aliphatic carbocycles. The van der Waals surface area contributed by atoms with Crippen molar-refractivity contribution in [2.24, 2.45) is 5.73 Å². The Labute approximate surface area is 135 Å². The van der Waals surface area contributed by atoms with Gasteiger partial charge in [-0.25, -0.2) is 0 Å². The predicted molar refractivity (Wildman–Crippen MR) is 91.6 cm³/mol. The van der Waals surface area contributed by atoms with Crippen LogP contribution < -0.4 is 11.1 Å². The van der Waals surface area contributed by atoms with Gasteiger partial charge in [0.2, 0.25) is 0 Å². The van der Waals surface area contributed by atoms with Crippen LogP contribution in [0.5, 0.6) is 0 Å². The van der Waals surface area contributed by atoms with E-state index in [2.05, 4.69) is 36.5 Å². The molecule has 1 aromatic rings. The quantitative estimate of drug-likeness (QED) is 0.455. The van der Waals surface area contributed by atoms with Crippen LogP contribution in [-0.4, -0.2) is 42.2 Å². The molecule has 0 spiro atoms. The van der Waals surface area contributed by atoms with E-state index in [1.807, 2.05) is 6.07 Å². The number of nitrogens with one attached hydrogen (secondary N) is 1. The van der Waals surface area contributed by atoms with Gasteiger partial charge in [-0.05, 0) is 38.4 Å². The molecule has 0 fully saturated rings. The molecular weight excluding hydrogens is 296 g/mol. The third kappa shape index (κ3) is 7.00. The molecule has 0 heterocycles. The number of hydrogen-bond donors (Lipinski definition) is 2. The number of benzene rings is 1. The van der Waals surface area contributed by atoms with Gasteiger partial charge in [-0.2, -0.15) is 0 Å². The Morgan fingerprint density at radius 1 is 1.18 bits per heavy atom. The molecule has 0 bridgehead atoms. The van der Waals surface area contributed by atoms with Gasteiger partial charge < -0.3 is 24.3 Å². The van der Waals surface area contributed by atoms with Crippen molar-refractivity contribution >= 4 is 8.80 Å². The van der Waals surface area contributed by atoms with Gasteiger partial charge in [0.05, 0.1) is 0 Å². The lowest BCUT2D eigenvalue weighted by atomic mass is 10.2. The SMILES string of the molecule is CO[Si](CCCN)(OC)OC(C)CCNCc1ccccc1. The molecule has 0 saturated heterocycles. The lowest BCUT2D eigenvalue weighted by Crippen LogP contribution is -2.46. The molecular formula is C16H30N2O3Si. The van der Waals surface area contributed by atoms with E-state index in [4.69, 9.17) is 19.0 Å². The second-order valence-electron chi connectivity index (χ2n) is 5.36. The van der Waals surface area contributed by atoms with Crippen molar-refractivity contribution in [3.8, 4) is 0 Å². The molecule has 0 aromatic heterocycles. The maximum atomic E-state index is 6.09. The van der Waals surface area contributed by atoms with Crippen molar-refractivity contribution in [3.63, 3.8) is 0 Å². The van der Waals surface area contributed by atoms with Crippen LogP contribution in [0.25, 0.3) is 0 Å². The van der Waals surface area contributed by atoms with Gasteiger partial charge in [0.1, 0.15) is 0 Å². The maximum absolute atomic E-state index is 6.09. The van der Waals surface area contributed by atoms with E-state index in [1.54, 1.807) is 14.2 Å². The molecule has 0 amide bonds. The first-order valence-electron chi connectivity index (χ1n) is 7.88. The molecule has 0 radical (unpaired) electrons. The van der Waals surface area contributed by atoms with Gasteiger partial charge in [-0.15, -0.1) is 0 Å². The second kappa shape index (κ2) is 10.9. The summed E-state index contributed by atoms with van der Waals surface area (Å²) in [4.78, 5) is 0. The van der Waals surface area contributed by atoms with Crippen molar-refractivity contribution in [1.29, 1.82) is 0 Å². The zero-order valence-corrected chi connectivity index (χ0v) is 15.0. The van der Waals surface area contributed by atoms with Gasteiger partial charge in [-0.1, -0.05) is 30.3 Å². The van der Waals surface area contributed by atoms with Crippen molar-refractivity contribution < 1.29 is 13.3 Å². The highest BCUT2D eigenvalue weighted by Crippen LogP contribution is 2.18. The summed E-state index contributed by atoms with van der Waals surface area (Å²) in [5.41, 5.74) is 6.86. The molecule has 1 atom stereocenters. The minimum atomic E-state index is -2.56. The molecule has 0 aliphatic rings. The van der Waals surface area contributed by atoms with Crippen LogP contribution in [0.4, 0.5) is 0 Å². The first kappa shape index (κ1) is 19.3. The third-order valence-electron chi connectivity index (χ3n) is 3.59. The van der Waals surface area contributed by atoms with E-state index in [0.29, 0.717) is 6.54 Å². The Bertz CT molecular complexity index is 388. The van der Waals surface area contributed by atoms with E-state index < -0.39 is 8.80 Å². The Morgan fingerprint density at radius 2 is 1.86 bits per heavy atom. The summed E-state index contributed by atoms with van der Waals surface area (Å²) in [5.74, 6) is 0. The van der Waals surface area contributed by atoms with Crippen LogP contribution in [-0.2, 0) is 19.8 Å². The Kier molecular flexibility index (Phi) is 9.54. The van der Waals surface area contributed by atoms with E-state index in [9.17, 15) is 0 Å². The first-order valence-corrected chi connectivity index (χ1v) is 9.82. The summed E-state index contributed by atoms with van der Waals surface area (Å²) >= 11 is 0. The lowest BCUT2D eigenvalue weighted by Gasteiger charge is -2.29. The minimum Gasteiger partial charge on any atom is -0.377 e. The zero-order valence-electron chi connectivity index (χ0n) is 14.0. The molecule has 1 unspecified atom stereocenters. The van der Waals surface area contributed by atoms with E-state index in [0.717, 1.165) is 32.0 Å². The summed E-state index contributed by atoms with van der Waals surface area (Å²) < 4.78 is 17.2. The monoisotopic (exact) mass is 326 g/mol. The Balaban J connectivity index is 2.29. The highest BCUT2D eigenvalue weighted by Gasteiger charge is 2.39. The molecule has 0 aliphatic heterocycles. The first-order chi connectivity index (χ1) is 10.7. The standard InChI is InChI=1S/C16H30N2O3Si/c1-15(21-22(19-2,20-3)13-7-11-17)10-12-18-14-16-8-5-4-6-9-16/h4-6,8-9,15,18H,7,10-14,17H2,1-3H3. The van der Waals surface area contributed by atoms with Gasteiger partial charge in [0.25, 0.3) is 0 Å². The Morgan fingerprint density at radius 3 is 2.45 bits per heavy atom. The third-order valence-corrected chi connectivity index (χ3v) is 6.56. The van der Waals surface area contributed by atoms with E-state index >= 15 is 0 Å². The number of rotatable bonds is 12. The normalized spacial score (nSPS) is 13.3. The van der Waals surface area contributed by atoms with Crippen LogP contribution in [0, 0.1) is 0 Å². The van der Waals surface area contributed by atoms with Gasteiger partial charge >= 0.3 is 8.80 Å². The highest BCUT2D eigenvalue weighted by atomic mass is 28.4. The van der Waals surface area contributed by atoms with Gasteiger partial charge in [0, 0.05) is 32.9 Å². The lowest BCUT2D eigenvalue weighted by molar-refractivity contribution is 0.0588. The number of hydrogen-bond acceptors (Lipinski definition) is 5. The summed E-state index contributed by atoms with van der Waals surface area (Å²) in [6.07, 6.45) is 1.86. The summed E-state index contributed by atoms with van der Waals surface area (Å²) in [7, 11) is 0.759. The molecule has 3 N–H and O–H groups in total. The van der Waals surface area contributed by atoms with Crippen LogP contribution >= 0.6 is 0 Å². The number of nitrogens with two attached hydrogens (primary N) is 1. The Hall–Kier alpha value is -0.763. The average molecular weight is 327 g/mol. The highest BCUT2D eigenvalue weighted by molar-refractivity contribution is 6.60. The zero-order chi connectivity index (χ0) is 16.3. The average Bonchev–Trinajstić information content (AvgIpc) is 2.56. The smallest absolute Gasteiger partial charge is 0.377 e. The topological polar surface area (TPSA) is 65.7 Å². The molecule has 126 valence electrons. The van der Waals surface area contributed by atoms with Crippen LogP contribution in [0.2, 0.25) is 6.04 Å². The fourth-order valence-electron chi connectivity index (χ4n) is 2.26. The molecule has 22 heavy (non-hydrogen) atoms. The van der Waals surface area contributed by atoms with Gasteiger partial charge in [-0.3, -0.25) is 0 Å². The summed E-state index contributed by atoms with van der Waals surface area (Å²) in [5, 5.41) is 3.43. The predicted octanol–water partition coefficient (Wildman–Crippen LogP) is 2.15. The van der Waals surface area contributed by atoms with Crippen molar-refractivity contribution in [3.05, 3.63) is 35.9 Å². The van der Waals surface area contributed by atoms with Gasteiger partial charge in [0.15, 0.2) is 0 Å². The summed E-state index contributed by atoms with van der Waals surface area (Å²) in [6.45, 7) is 4.45. The van der Waals surface area contributed by atoms with Crippen molar-refractivity contribution in [1.82, 2.24) is 5.32 Å². The molecule has 0 saturated carbocycles. The summed E-state index contributed by atoms with van der Waals surface area (Å²) in [6, 6.07) is 11.1. The minimum absolute atomic E-state index is 0.0904. The molecule has 5 nitrogen and oxygen atoms in total. The fraction of sp³-hybridized carbons (Fsp3) is 0.625. The van der Waals surface area contributed by atoms with E-state index in [-0.39, 0.29) is 6.10 Å². The van der Waals surface area contributed by atoms with Crippen LogP contribution in [0.15, 0.2) is 30.3 Å². The maximum Gasteiger partial charge on any atom is 0.500 e. The molecule has 1 rings (SSSR count). The van der Waals surface area contributed by atoms with Crippen LogP contribution in [0.1, 0.15) is 25.3 Å². The molecule has 6 heteroatoms. The second-order valence-corrected chi connectivity index (χ2v) is 8.28. The largest absolute Gasteiger partial charge is 0.500 e.